The fraction of sp³-hybridized carbons (Fsp3) is 0.105. The van der Waals surface area contributed by atoms with Crippen molar-refractivity contribution in [3.63, 3.8) is 0 Å². The van der Waals surface area contributed by atoms with E-state index in [1.807, 2.05) is 30.3 Å². The summed E-state index contributed by atoms with van der Waals surface area (Å²) in [7, 11) is 0. The maximum atomic E-state index is 13.4. The number of nitrogens with one attached hydrogen (secondary N) is 1. The number of nitrogens with zero attached hydrogens (tertiary/aromatic N) is 6. The molecule has 0 spiro atoms. The van der Waals surface area contributed by atoms with Gasteiger partial charge in [0.25, 0.3) is 5.91 Å². The number of benzene rings is 2. The van der Waals surface area contributed by atoms with Crippen LogP contribution in [0.2, 0.25) is 0 Å². The van der Waals surface area contributed by atoms with Gasteiger partial charge < -0.3 is 5.32 Å². The Balaban J connectivity index is 1.45. The number of carbonyl (C=O) groups excluding carboxylic acids is 1. The van der Waals surface area contributed by atoms with Crippen LogP contribution in [0, 0.1) is 12.7 Å². The zero-order chi connectivity index (χ0) is 19.5. The van der Waals surface area contributed by atoms with Crippen molar-refractivity contribution in [3.05, 3.63) is 77.9 Å². The van der Waals surface area contributed by atoms with Gasteiger partial charge in [-0.2, -0.15) is 5.10 Å². The Bertz CT molecular complexity index is 1120. The second-order valence-corrected chi connectivity index (χ2v) is 6.15. The minimum Gasteiger partial charge on any atom is -0.320 e. The van der Waals surface area contributed by atoms with Gasteiger partial charge in [0, 0.05) is 17.4 Å². The Morgan fingerprint density at radius 3 is 2.75 bits per heavy atom. The molecule has 0 saturated heterocycles. The van der Waals surface area contributed by atoms with Crippen LogP contribution in [-0.2, 0) is 6.67 Å². The lowest BCUT2D eigenvalue weighted by atomic mass is 10.2. The van der Waals surface area contributed by atoms with Crippen LogP contribution in [0.3, 0.4) is 0 Å². The molecular weight excluding hydrogens is 361 g/mol. The van der Waals surface area contributed by atoms with Gasteiger partial charge in [0.1, 0.15) is 5.82 Å². The largest absolute Gasteiger partial charge is 0.320 e. The van der Waals surface area contributed by atoms with Crippen molar-refractivity contribution in [2.75, 3.05) is 5.32 Å². The highest BCUT2D eigenvalue weighted by Gasteiger charge is 2.13. The molecule has 4 rings (SSSR count). The molecule has 0 radical (unpaired) electrons. The number of rotatable bonds is 5. The van der Waals surface area contributed by atoms with E-state index in [1.165, 1.54) is 21.6 Å². The maximum absolute atomic E-state index is 13.4. The first-order valence-corrected chi connectivity index (χ1v) is 8.53. The first-order valence-electron chi connectivity index (χ1n) is 8.53. The van der Waals surface area contributed by atoms with E-state index in [0.29, 0.717) is 11.5 Å². The molecule has 0 bridgehead atoms. The zero-order valence-electron chi connectivity index (χ0n) is 15.0. The number of carbonyl (C=O) groups is 1. The van der Waals surface area contributed by atoms with E-state index in [4.69, 9.17) is 0 Å². The molecule has 0 aliphatic heterocycles. The monoisotopic (exact) mass is 377 g/mol. The maximum Gasteiger partial charge on any atom is 0.276 e. The standard InChI is InChI=1S/C19H16FN7O/c1-13-7-8-15(20)11-17(13)21-19(28)16-9-10-26(23-16)12-27-24-18(22-25-27)14-5-3-2-4-6-14/h2-11H,12H2,1H3,(H,21,28). The second kappa shape index (κ2) is 7.39. The average molecular weight is 377 g/mol. The number of aryl methyl sites for hydroxylation is 1. The lowest BCUT2D eigenvalue weighted by Gasteiger charge is -2.07. The van der Waals surface area contributed by atoms with E-state index < -0.39 is 11.7 Å². The third-order valence-electron chi connectivity index (χ3n) is 4.08. The predicted molar refractivity (Wildman–Crippen MR) is 100.0 cm³/mol. The molecule has 4 aromatic rings. The minimum absolute atomic E-state index is 0.201. The third-order valence-corrected chi connectivity index (χ3v) is 4.08. The van der Waals surface area contributed by atoms with E-state index in [-0.39, 0.29) is 12.4 Å². The molecule has 2 aromatic heterocycles. The van der Waals surface area contributed by atoms with E-state index in [0.717, 1.165) is 11.1 Å². The first-order chi connectivity index (χ1) is 13.6. The summed E-state index contributed by atoms with van der Waals surface area (Å²) in [6.07, 6.45) is 1.64. The lowest BCUT2D eigenvalue weighted by Crippen LogP contribution is -2.16. The van der Waals surface area contributed by atoms with Crippen LogP contribution in [0.1, 0.15) is 16.1 Å². The summed E-state index contributed by atoms with van der Waals surface area (Å²) in [5.74, 6) is -0.339. The summed E-state index contributed by atoms with van der Waals surface area (Å²) in [6, 6.07) is 15.3. The molecule has 0 unspecified atom stereocenters. The molecule has 1 N–H and O–H groups in total. The summed E-state index contributed by atoms with van der Waals surface area (Å²) in [6.45, 7) is 1.99. The normalized spacial score (nSPS) is 10.8. The summed E-state index contributed by atoms with van der Waals surface area (Å²) in [4.78, 5) is 13.8. The van der Waals surface area contributed by atoms with Crippen molar-refractivity contribution in [1.29, 1.82) is 0 Å². The Morgan fingerprint density at radius 1 is 1.11 bits per heavy atom. The summed E-state index contributed by atoms with van der Waals surface area (Å²) in [5.41, 5.74) is 2.23. The molecule has 2 aromatic carbocycles. The summed E-state index contributed by atoms with van der Waals surface area (Å²) >= 11 is 0. The number of aromatic nitrogens is 6. The van der Waals surface area contributed by atoms with Crippen LogP contribution in [-0.4, -0.2) is 35.9 Å². The van der Waals surface area contributed by atoms with Gasteiger partial charge in [-0.05, 0) is 35.9 Å². The van der Waals surface area contributed by atoms with Crippen LogP contribution in [0.15, 0.2) is 60.8 Å². The third kappa shape index (κ3) is 3.78. The topological polar surface area (TPSA) is 90.5 Å². The molecule has 8 nitrogen and oxygen atoms in total. The summed E-state index contributed by atoms with van der Waals surface area (Å²) < 4.78 is 14.9. The molecule has 0 atom stereocenters. The van der Waals surface area contributed by atoms with Gasteiger partial charge in [-0.3, -0.25) is 4.79 Å². The van der Waals surface area contributed by atoms with Crippen molar-refractivity contribution in [2.24, 2.45) is 0 Å². The van der Waals surface area contributed by atoms with E-state index in [2.05, 4.69) is 25.8 Å². The molecule has 0 fully saturated rings. The molecule has 0 saturated carbocycles. The molecule has 28 heavy (non-hydrogen) atoms. The van der Waals surface area contributed by atoms with E-state index in [1.54, 1.807) is 25.3 Å². The zero-order valence-corrected chi connectivity index (χ0v) is 15.0. The van der Waals surface area contributed by atoms with Crippen molar-refractivity contribution in [3.8, 4) is 11.4 Å². The van der Waals surface area contributed by atoms with Gasteiger partial charge in [0.15, 0.2) is 12.4 Å². The van der Waals surface area contributed by atoms with Gasteiger partial charge in [-0.15, -0.1) is 15.0 Å². The van der Waals surface area contributed by atoms with Gasteiger partial charge in [0.2, 0.25) is 5.82 Å². The summed E-state index contributed by atoms with van der Waals surface area (Å²) in [5, 5.41) is 19.2. The highest BCUT2D eigenvalue weighted by Crippen LogP contribution is 2.17. The highest BCUT2D eigenvalue weighted by molar-refractivity contribution is 6.03. The van der Waals surface area contributed by atoms with Gasteiger partial charge >= 0.3 is 0 Å². The first kappa shape index (κ1) is 17.5. The quantitative estimate of drug-likeness (QED) is 0.578. The predicted octanol–water partition coefficient (Wildman–Crippen LogP) is 2.74. The Labute approximate surface area is 159 Å². The number of amides is 1. The highest BCUT2D eigenvalue weighted by atomic mass is 19.1. The van der Waals surface area contributed by atoms with Crippen LogP contribution >= 0.6 is 0 Å². The fourth-order valence-electron chi connectivity index (χ4n) is 2.61. The molecule has 0 aliphatic rings. The average Bonchev–Trinajstić information content (AvgIpc) is 3.36. The molecule has 1 amide bonds. The Morgan fingerprint density at radius 2 is 1.93 bits per heavy atom. The van der Waals surface area contributed by atoms with E-state index >= 15 is 0 Å². The molecule has 9 heteroatoms. The van der Waals surface area contributed by atoms with Crippen LogP contribution in [0.5, 0.6) is 0 Å². The van der Waals surface area contributed by atoms with Gasteiger partial charge in [-0.25, -0.2) is 9.07 Å². The smallest absolute Gasteiger partial charge is 0.276 e. The number of hydrogen-bond donors (Lipinski definition) is 1. The molecule has 140 valence electrons. The Hall–Kier alpha value is -3.88. The van der Waals surface area contributed by atoms with Crippen LogP contribution in [0.25, 0.3) is 11.4 Å². The number of anilines is 1. The minimum atomic E-state index is -0.427. The molecule has 2 heterocycles. The second-order valence-electron chi connectivity index (χ2n) is 6.15. The number of hydrogen-bond acceptors (Lipinski definition) is 5. The van der Waals surface area contributed by atoms with E-state index in [9.17, 15) is 9.18 Å². The van der Waals surface area contributed by atoms with Gasteiger partial charge in [-0.1, -0.05) is 36.4 Å². The van der Waals surface area contributed by atoms with Crippen molar-refractivity contribution >= 4 is 11.6 Å². The SMILES string of the molecule is Cc1ccc(F)cc1NC(=O)c1ccn(Cn2nnc(-c3ccccc3)n2)n1. The number of halogens is 1. The van der Waals surface area contributed by atoms with Crippen LogP contribution < -0.4 is 5.32 Å². The molecule has 0 aliphatic carbocycles. The lowest BCUT2D eigenvalue weighted by molar-refractivity contribution is 0.102. The number of tetrazole rings is 1. The molecular formula is C19H16FN7O. The van der Waals surface area contributed by atoms with Crippen molar-refractivity contribution in [1.82, 2.24) is 30.0 Å². The van der Waals surface area contributed by atoms with Crippen molar-refractivity contribution in [2.45, 2.75) is 13.6 Å². The van der Waals surface area contributed by atoms with Crippen molar-refractivity contribution < 1.29 is 9.18 Å². The van der Waals surface area contributed by atoms with Gasteiger partial charge in [0.05, 0.1) is 0 Å². The Kier molecular flexibility index (Phi) is 4.63. The fourth-order valence-corrected chi connectivity index (χ4v) is 2.61. The van der Waals surface area contributed by atoms with Crippen LogP contribution in [0.4, 0.5) is 10.1 Å².